The lowest BCUT2D eigenvalue weighted by Crippen LogP contribution is -1.94. The van der Waals surface area contributed by atoms with Gasteiger partial charge in [0.2, 0.25) is 0 Å². The van der Waals surface area contributed by atoms with E-state index in [0.29, 0.717) is 0 Å². The van der Waals surface area contributed by atoms with Crippen LogP contribution in [0.4, 0.5) is 0 Å². The molecule has 0 atom stereocenters. The molecule has 1 rings (SSSR count). The summed E-state index contributed by atoms with van der Waals surface area (Å²) in [5.74, 6) is 1.55. The zero-order chi connectivity index (χ0) is 8.10. The van der Waals surface area contributed by atoms with Crippen LogP contribution in [-0.2, 0) is 6.42 Å². The minimum absolute atomic E-state index is 1.14. The molecule has 11 heavy (non-hydrogen) atoms. The van der Waals surface area contributed by atoms with Crippen molar-refractivity contribution in [1.29, 1.82) is 0 Å². The molecule has 0 amide bonds. The molecule has 1 radical (unpaired) electrons. The van der Waals surface area contributed by atoms with Crippen molar-refractivity contribution in [2.24, 2.45) is 0 Å². The van der Waals surface area contributed by atoms with Crippen LogP contribution in [0.15, 0.2) is 30.3 Å². The zero-order valence-electron chi connectivity index (χ0n) is 7.30. The monoisotopic (exact) mass is 147 g/mol. The number of benzene rings is 1. The fraction of sp³-hybridized carbons (Fsp3) is 0.364. The highest BCUT2D eigenvalue weighted by atomic mass is 14.0. The Morgan fingerprint density at radius 1 is 1.18 bits per heavy atom. The maximum Gasteiger partial charge on any atom is -0.0219 e. The van der Waals surface area contributed by atoms with Crippen molar-refractivity contribution in [3.63, 3.8) is 0 Å². The number of rotatable bonds is 3. The first-order valence-electron chi connectivity index (χ1n) is 4.18. The van der Waals surface area contributed by atoms with E-state index in [1.54, 1.807) is 5.92 Å². The van der Waals surface area contributed by atoms with Gasteiger partial charge in [-0.3, -0.25) is 0 Å². The lowest BCUT2D eigenvalue weighted by atomic mass is 9.99. The first kappa shape index (κ1) is 8.32. The van der Waals surface area contributed by atoms with Gasteiger partial charge in [0.1, 0.15) is 0 Å². The molecule has 0 fully saturated rings. The molecule has 0 heterocycles. The molecule has 0 aliphatic heterocycles. The molecular weight excluding hydrogens is 132 g/mol. The van der Waals surface area contributed by atoms with Gasteiger partial charge in [-0.05, 0) is 24.3 Å². The second kappa shape index (κ2) is 4.17. The Morgan fingerprint density at radius 3 is 2.36 bits per heavy atom. The van der Waals surface area contributed by atoms with Crippen LogP contribution in [0, 0.1) is 5.92 Å². The van der Waals surface area contributed by atoms with Crippen molar-refractivity contribution in [2.45, 2.75) is 26.7 Å². The second-order valence-electron chi connectivity index (χ2n) is 2.97. The largest absolute Gasteiger partial charge is 0.0648 e. The van der Waals surface area contributed by atoms with E-state index in [4.69, 9.17) is 0 Å². The first-order valence-corrected chi connectivity index (χ1v) is 4.18. The summed E-state index contributed by atoms with van der Waals surface area (Å²) in [7, 11) is 0. The summed E-state index contributed by atoms with van der Waals surface area (Å²) >= 11 is 0. The third-order valence-corrected chi connectivity index (χ3v) is 1.95. The molecule has 0 saturated carbocycles. The first-order chi connectivity index (χ1) is 5.33. The van der Waals surface area contributed by atoms with Crippen LogP contribution in [0.2, 0.25) is 0 Å². The topological polar surface area (TPSA) is 0 Å². The smallest absolute Gasteiger partial charge is 0.0219 e. The van der Waals surface area contributed by atoms with E-state index >= 15 is 0 Å². The molecule has 0 heteroatoms. The Labute approximate surface area is 69.3 Å². The zero-order valence-corrected chi connectivity index (χ0v) is 7.30. The molecule has 0 spiro atoms. The molecule has 0 aliphatic carbocycles. The van der Waals surface area contributed by atoms with Gasteiger partial charge in [0.25, 0.3) is 0 Å². The average Bonchev–Trinajstić information content (AvgIpc) is 2.06. The van der Waals surface area contributed by atoms with E-state index in [-0.39, 0.29) is 0 Å². The van der Waals surface area contributed by atoms with Crippen LogP contribution < -0.4 is 0 Å². The van der Waals surface area contributed by atoms with Crippen LogP contribution in [0.1, 0.15) is 25.8 Å². The van der Waals surface area contributed by atoms with Gasteiger partial charge in [0, 0.05) is 0 Å². The van der Waals surface area contributed by atoms with Gasteiger partial charge in [-0.1, -0.05) is 44.2 Å². The molecule has 0 unspecified atom stereocenters. The van der Waals surface area contributed by atoms with E-state index in [0.717, 1.165) is 6.42 Å². The Morgan fingerprint density at radius 2 is 1.82 bits per heavy atom. The molecule has 0 aliphatic rings. The SMILES string of the molecule is CC[C](C)Cc1ccccc1. The fourth-order valence-electron chi connectivity index (χ4n) is 1.07. The summed E-state index contributed by atoms with van der Waals surface area (Å²) in [5, 5.41) is 0. The molecule has 0 aromatic heterocycles. The standard InChI is InChI=1S/C11H15/c1-3-10(2)9-11-7-5-4-6-8-11/h4-8H,3,9H2,1-2H3. The maximum atomic E-state index is 2.22. The van der Waals surface area contributed by atoms with Crippen LogP contribution >= 0.6 is 0 Å². The van der Waals surface area contributed by atoms with Gasteiger partial charge in [0.15, 0.2) is 0 Å². The summed E-state index contributed by atoms with van der Waals surface area (Å²) in [5.41, 5.74) is 1.42. The van der Waals surface area contributed by atoms with Crippen LogP contribution in [0.3, 0.4) is 0 Å². The molecule has 1 aromatic rings. The Bertz CT molecular complexity index is 188. The Hall–Kier alpha value is -0.780. The van der Waals surface area contributed by atoms with Crippen LogP contribution in [-0.4, -0.2) is 0 Å². The van der Waals surface area contributed by atoms with Crippen LogP contribution in [0.5, 0.6) is 0 Å². The predicted octanol–water partition coefficient (Wildman–Crippen LogP) is 3.23. The average molecular weight is 147 g/mol. The maximum absolute atomic E-state index is 2.22. The molecule has 0 nitrogen and oxygen atoms in total. The molecule has 0 N–H and O–H groups in total. The third kappa shape index (κ3) is 2.75. The fourth-order valence-corrected chi connectivity index (χ4v) is 1.07. The van der Waals surface area contributed by atoms with Gasteiger partial charge < -0.3 is 0 Å². The van der Waals surface area contributed by atoms with E-state index in [1.165, 1.54) is 12.0 Å². The molecule has 1 aromatic carbocycles. The lowest BCUT2D eigenvalue weighted by Gasteiger charge is -2.06. The van der Waals surface area contributed by atoms with Crippen molar-refractivity contribution in [3.05, 3.63) is 41.8 Å². The molecule has 59 valence electrons. The number of hydrogen-bond donors (Lipinski definition) is 0. The highest BCUT2D eigenvalue weighted by Gasteiger charge is 1.99. The van der Waals surface area contributed by atoms with Crippen molar-refractivity contribution >= 4 is 0 Å². The molecule has 0 saturated heterocycles. The van der Waals surface area contributed by atoms with Crippen molar-refractivity contribution in [2.75, 3.05) is 0 Å². The molecular formula is C11H15. The summed E-state index contributed by atoms with van der Waals surface area (Å²) in [6.45, 7) is 4.42. The second-order valence-corrected chi connectivity index (χ2v) is 2.97. The Kier molecular flexibility index (Phi) is 3.15. The highest BCUT2D eigenvalue weighted by Crippen LogP contribution is 2.12. The Balaban J connectivity index is 2.51. The van der Waals surface area contributed by atoms with Crippen LogP contribution in [0.25, 0.3) is 0 Å². The summed E-state index contributed by atoms with van der Waals surface area (Å²) in [6, 6.07) is 10.6. The van der Waals surface area contributed by atoms with Gasteiger partial charge in [-0.25, -0.2) is 0 Å². The normalized spacial score (nSPS) is 10.5. The van der Waals surface area contributed by atoms with Crippen molar-refractivity contribution < 1.29 is 0 Å². The number of hydrogen-bond acceptors (Lipinski definition) is 0. The van der Waals surface area contributed by atoms with Gasteiger partial charge >= 0.3 is 0 Å². The molecule has 0 bridgehead atoms. The van der Waals surface area contributed by atoms with Gasteiger partial charge in [-0.15, -0.1) is 0 Å². The van der Waals surface area contributed by atoms with E-state index in [2.05, 4.69) is 44.2 Å². The third-order valence-electron chi connectivity index (χ3n) is 1.95. The lowest BCUT2D eigenvalue weighted by molar-refractivity contribution is 0.841. The van der Waals surface area contributed by atoms with Gasteiger partial charge in [0.05, 0.1) is 0 Å². The summed E-state index contributed by atoms with van der Waals surface area (Å²) in [4.78, 5) is 0. The van der Waals surface area contributed by atoms with E-state index in [1.807, 2.05) is 0 Å². The minimum atomic E-state index is 1.14. The summed E-state index contributed by atoms with van der Waals surface area (Å²) in [6.07, 6.45) is 2.33. The van der Waals surface area contributed by atoms with E-state index < -0.39 is 0 Å². The predicted molar refractivity (Wildman–Crippen MR) is 49.4 cm³/mol. The van der Waals surface area contributed by atoms with Crippen molar-refractivity contribution in [1.82, 2.24) is 0 Å². The minimum Gasteiger partial charge on any atom is -0.0648 e. The van der Waals surface area contributed by atoms with Gasteiger partial charge in [-0.2, -0.15) is 0 Å². The van der Waals surface area contributed by atoms with E-state index in [9.17, 15) is 0 Å². The van der Waals surface area contributed by atoms with Crippen molar-refractivity contribution in [3.8, 4) is 0 Å². The quantitative estimate of drug-likeness (QED) is 0.615. The highest BCUT2D eigenvalue weighted by molar-refractivity contribution is 5.18. The summed E-state index contributed by atoms with van der Waals surface area (Å²) < 4.78 is 0.